The number of nitrogens with zero attached hydrogens (tertiary/aromatic N) is 1. The number of nitrogens with one attached hydrogen (secondary N) is 1. The zero-order valence-corrected chi connectivity index (χ0v) is 12.5. The van der Waals surface area contributed by atoms with Gasteiger partial charge in [-0.05, 0) is 18.6 Å². The maximum atomic E-state index is 12.2. The van der Waals surface area contributed by atoms with E-state index in [1.54, 1.807) is 6.07 Å². The topological polar surface area (TPSA) is 111 Å². The van der Waals surface area contributed by atoms with E-state index in [-0.39, 0.29) is 18.5 Å². The molecule has 2 atom stereocenters. The fraction of sp³-hybridized carbons (Fsp3) is 0.385. The summed E-state index contributed by atoms with van der Waals surface area (Å²) in [7, 11) is -2.47. The Bertz CT molecular complexity index is 570. The Morgan fingerprint density at radius 2 is 2.33 bits per heavy atom. The average Bonchev–Trinajstić information content (AvgIpc) is 2.48. The molecule has 21 heavy (non-hydrogen) atoms. The van der Waals surface area contributed by atoms with Crippen molar-refractivity contribution in [2.45, 2.75) is 17.8 Å². The van der Waals surface area contributed by atoms with Crippen molar-refractivity contribution >= 4 is 15.9 Å². The second-order valence-corrected chi connectivity index (χ2v) is 6.22. The molecular formula is C13H19N3O4S. The highest BCUT2D eigenvalue weighted by molar-refractivity contribution is 7.90. The number of nitrogens with two attached hydrogens (primary N) is 1. The van der Waals surface area contributed by atoms with Crippen molar-refractivity contribution in [3.8, 4) is 0 Å². The van der Waals surface area contributed by atoms with Crippen LogP contribution in [0.5, 0.6) is 0 Å². The summed E-state index contributed by atoms with van der Waals surface area (Å²) in [5.41, 5.74) is 5.63. The third-order valence-electron chi connectivity index (χ3n) is 2.91. The number of hydrogen-bond acceptors (Lipinski definition) is 6. The summed E-state index contributed by atoms with van der Waals surface area (Å²) in [6.45, 7) is 3.66. The Morgan fingerprint density at radius 3 is 2.81 bits per heavy atom. The van der Waals surface area contributed by atoms with E-state index in [0.717, 1.165) is 0 Å². The van der Waals surface area contributed by atoms with Crippen molar-refractivity contribution in [1.29, 1.82) is 0 Å². The van der Waals surface area contributed by atoms with Crippen molar-refractivity contribution in [1.82, 2.24) is 9.71 Å². The average molecular weight is 313 g/mol. The van der Waals surface area contributed by atoms with Gasteiger partial charge in [-0.2, -0.15) is 0 Å². The van der Waals surface area contributed by atoms with Crippen LogP contribution in [-0.2, 0) is 14.8 Å². The lowest BCUT2D eigenvalue weighted by molar-refractivity contribution is 0.0974. The maximum Gasteiger partial charge on any atom is 0.266 e. The number of hydrogen-bond donors (Lipinski definition) is 2. The molecule has 8 heteroatoms. The second-order valence-electron chi connectivity index (χ2n) is 4.32. The standard InChI is InChI=1S/C13H19N3O4S/c1-3-12(7-11(8-14)20-2)21(18,19)16-13(17)10-5-4-6-15-9-10/h3-6,9,11-12H,1,7-8,14H2,2H3,(H,16,17). The molecule has 0 radical (unpaired) electrons. The molecule has 116 valence electrons. The molecule has 0 spiro atoms. The predicted molar refractivity (Wildman–Crippen MR) is 79.1 cm³/mol. The summed E-state index contributed by atoms with van der Waals surface area (Å²) >= 11 is 0. The third kappa shape index (κ3) is 4.92. The number of methoxy groups -OCH3 is 1. The van der Waals surface area contributed by atoms with Gasteiger partial charge in [0.2, 0.25) is 10.0 Å². The van der Waals surface area contributed by atoms with Crippen LogP contribution in [0.2, 0.25) is 0 Å². The molecular weight excluding hydrogens is 294 g/mol. The van der Waals surface area contributed by atoms with Crippen molar-refractivity contribution < 1.29 is 17.9 Å². The molecule has 1 aromatic heterocycles. The molecule has 0 saturated heterocycles. The Morgan fingerprint density at radius 1 is 1.62 bits per heavy atom. The fourth-order valence-electron chi connectivity index (χ4n) is 1.66. The highest BCUT2D eigenvalue weighted by Gasteiger charge is 2.27. The lowest BCUT2D eigenvalue weighted by Crippen LogP contribution is -2.40. The van der Waals surface area contributed by atoms with Gasteiger partial charge in [-0.3, -0.25) is 9.78 Å². The molecule has 0 fully saturated rings. The second kappa shape index (κ2) is 7.87. The van der Waals surface area contributed by atoms with Crippen molar-refractivity contribution in [2.24, 2.45) is 5.73 Å². The van der Waals surface area contributed by atoms with Crippen LogP contribution in [0.15, 0.2) is 37.2 Å². The number of sulfonamides is 1. The first-order valence-electron chi connectivity index (χ1n) is 6.26. The van der Waals surface area contributed by atoms with Crippen molar-refractivity contribution in [3.05, 3.63) is 42.7 Å². The van der Waals surface area contributed by atoms with Crippen LogP contribution in [0.3, 0.4) is 0 Å². The van der Waals surface area contributed by atoms with Gasteiger partial charge in [0, 0.05) is 26.0 Å². The van der Waals surface area contributed by atoms with Crippen LogP contribution in [0.4, 0.5) is 0 Å². The lowest BCUT2D eigenvalue weighted by atomic mass is 10.2. The molecule has 0 aromatic carbocycles. The molecule has 3 N–H and O–H groups in total. The minimum atomic E-state index is -3.92. The molecule has 2 unspecified atom stereocenters. The first-order valence-corrected chi connectivity index (χ1v) is 7.80. The van der Waals surface area contributed by atoms with Gasteiger partial charge in [-0.15, -0.1) is 6.58 Å². The maximum absolute atomic E-state index is 12.2. The highest BCUT2D eigenvalue weighted by atomic mass is 32.2. The summed E-state index contributed by atoms with van der Waals surface area (Å²) in [6.07, 6.45) is 3.71. The normalized spacial score (nSPS) is 14.2. The minimum Gasteiger partial charge on any atom is -0.380 e. The SMILES string of the molecule is C=CC(CC(CN)OC)S(=O)(=O)NC(=O)c1cccnc1. The van der Waals surface area contributed by atoms with E-state index in [4.69, 9.17) is 10.5 Å². The highest BCUT2D eigenvalue weighted by Crippen LogP contribution is 2.11. The van der Waals surface area contributed by atoms with Crippen molar-refractivity contribution in [2.75, 3.05) is 13.7 Å². The molecule has 1 amide bonds. The van der Waals surface area contributed by atoms with E-state index in [9.17, 15) is 13.2 Å². The van der Waals surface area contributed by atoms with Gasteiger partial charge in [-0.25, -0.2) is 13.1 Å². The monoisotopic (exact) mass is 313 g/mol. The van der Waals surface area contributed by atoms with Crippen LogP contribution >= 0.6 is 0 Å². The minimum absolute atomic E-state index is 0.117. The Labute approximate surface area is 124 Å². The lowest BCUT2D eigenvalue weighted by Gasteiger charge is -2.19. The number of carbonyl (C=O) groups excluding carboxylic acids is 1. The van der Waals surface area contributed by atoms with Crippen LogP contribution in [0, 0.1) is 0 Å². The number of rotatable bonds is 8. The van der Waals surface area contributed by atoms with Gasteiger partial charge in [-0.1, -0.05) is 6.08 Å². The number of pyridine rings is 1. The molecule has 7 nitrogen and oxygen atoms in total. The molecule has 1 heterocycles. The largest absolute Gasteiger partial charge is 0.380 e. The Balaban J connectivity index is 2.83. The summed E-state index contributed by atoms with van der Waals surface area (Å²) in [5.74, 6) is -0.739. The van der Waals surface area contributed by atoms with E-state index >= 15 is 0 Å². The van der Waals surface area contributed by atoms with E-state index in [0.29, 0.717) is 0 Å². The molecule has 1 aromatic rings. The zero-order chi connectivity index (χ0) is 15.9. The first-order chi connectivity index (χ1) is 9.94. The van der Waals surface area contributed by atoms with Gasteiger partial charge in [0.05, 0.1) is 11.7 Å². The summed E-state index contributed by atoms with van der Waals surface area (Å²) < 4.78 is 31.4. The number of aromatic nitrogens is 1. The van der Waals surface area contributed by atoms with Crippen LogP contribution < -0.4 is 10.5 Å². The summed E-state index contributed by atoms with van der Waals surface area (Å²) in [5, 5.41) is -0.980. The quantitative estimate of drug-likeness (QED) is 0.656. The van der Waals surface area contributed by atoms with Crippen LogP contribution in [0.25, 0.3) is 0 Å². The summed E-state index contributed by atoms with van der Waals surface area (Å²) in [6, 6.07) is 3.01. The van der Waals surface area contributed by atoms with Gasteiger partial charge < -0.3 is 10.5 Å². The first kappa shape index (κ1) is 17.3. The van der Waals surface area contributed by atoms with Gasteiger partial charge in [0.25, 0.3) is 5.91 Å². The number of ether oxygens (including phenoxy) is 1. The van der Waals surface area contributed by atoms with E-state index in [1.807, 2.05) is 4.72 Å². The molecule has 0 aliphatic heterocycles. The van der Waals surface area contributed by atoms with Gasteiger partial charge in [0.15, 0.2) is 0 Å². The Hall–Kier alpha value is -1.77. The molecule has 1 rings (SSSR count). The predicted octanol–water partition coefficient (Wildman–Crippen LogP) is 0.0596. The van der Waals surface area contributed by atoms with Crippen LogP contribution in [0.1, 0.15) is 16.8 Å². The molecule has 0 saturated carbocycles. The fourth-order valence-corrected chi connectivity index (χ4v) is 2.91. The van der Waals surface area contributed by atoms with E-state index in [2.05, 4.69) is 11.6 Å². The van der Waals surface area contributed by atoms with E-state index < -0.39 is 27.3 Å². The smallest absolute Gasteiger partial charge is 0.266 e. The van der Waals surface area contributed by atoms with Crippen molar-refractivity contribution in [3.63, 3.8) is 0 Å². The van der Waals surface area contributed by atoms with Gasteiger partial charge >= 0.3 is 0 Å². The Kier molecular flexibility index (Phi) is 6.47. The zero-order valence-electron chi connectivity index (χ0n) is 11.7. The number of amides is 1. The molecule has 0 aliphatic carbocycles. The third-order valence-corrected chi connectivity index (χ3v) is 4.56. The van der Waals surface area contributed by atoms with E-state index in [1.165, 1.54) is 31.6 Å². The summed E-state index contributed by atoms with van der Waals surface area (Å²) in [4.78, 5) is 15.6. The van der Waals surface area contributed by atoms with Crippen LogP contribution in [-0.4, -0.2) is 44.3 Å². The molecule has 0 bridgehead atoms. The number of carbonyl (C=O) groups is 1. The van der Waals surface area contributed by atoms with Gasteiger partial charge in [0.1, 0.15) is 5.25 Å². The molecule has 0 aliphatic rings.